The summed E-state index contributed by atoms with van der Waals surface area (Å²) in [7, 11) is 0. The van der Waals surface area contributed by atoms with E-state index >= 15 is 0 Å². The van der Waals surface area contributed by atoms with Crippen molar-refractivity contribution in [2.45, 2.75) is 6.54 Å². The summed E-state index contributed by atoms with van der Waals surface area (Å²) in [6, 6.07) is 9.69. The standard InChI is InChI=1S/C15H10BrF2N3/c16-10-5-15(12(18)6-11(10)17)20-8-9-7-19-13-3-1-2-4-14(13)21-9/h1-7,20H,8H2. The third-order valence-electron chi connectivity index (χ3n) is 2.97. The maximum atomic E-state index is 13.6. The number of nitrogens with one attached hydrogen (secondary N) is 1. The molecular formula is C15H10BrF2N3. The highest BCUT2D eigenvalue weighted by Crippen LogP contribution is 2.24. The van der Waals surface area contributed by atoms with E-state index in [0.29, 0.717) is 12.2 Å². The van der Waals surface area contributed by atoms with E-state index in [9.17, 15) is 8.78 Å². The molecule has 1 N–H and O–H groups in total. The van der Waals surface area contributed by atoms with E-state index < -0.39 is 11.6 Å². The lowest BCUT2D eigenvalue weighted by Gasteiger charge is -2.08. The lowest BCUT2D eigenvalue weighted by Crippen LogP contribution is -2.04. The summed E-state index contributed by atoms with van der Waals surface area (Å²) in [6.07, 6.45) is 1.63. The summed E-state index contributed by atoms with van der Waals surface area (Å²) in [5, 5.41) is 2.89. The van der Waals surface area contributed by atoms with Crippen LogP contribution in [0, 0.1) is 11.6 Å². The third-order valence-corrected chi connectivity index (χ3v) is 3.58. The monoisotopic (exact) mass is 349 g/mol. The normalized spacial score (nSPS) is 10.8. The molecule has 1 heterocycles. The zero-order valence-electron chi connectivity index (χ0n) is 10.8. The van der Waals surface area contributed by atoms with Crippen LogP contribution in [0.1, 0.15) is 5.69 Å². The van der Waals surface area contributed by atoms with E-state index in [1.807, 2.05) is 24.3 Å². The molecule has 21 heavy (non-hydrogen) atoms. The van der Waals surface area contributed by atoms with Gasteiger partial charge in [-0.1, -0.05) is 12.1 Å². The first-order valence-corrected chi connectivity index (χ1v) is 7.02. The molecule has 3 rings (SSSR count). The topological polar surface area (TPSA) is 37.8 Å². The number of aromatic nitrogens is 2. The highest BCUT2D eigenvalue weighted by molar-refractivity contribution is 9.10. The van der Waals surface area contributed by atoms with Gasteiger partial charge in [0.15, 0.2) is 0 Å². The summed E-state index contributed by atoms with van der Waals surface area (Å²) >= 11 is 3.03. The number of rotatable bonds is 3. The number of anilines is 1. The molecule has 0 spiro atoms. The number of benzene rings is 2. The average molecular weight is 350 g/mol. The van der Waals surface area contributed by atoms with Gasteiger partial charge in [0.05, 0.1) is 39.6 Å². The van der Waals surface area contributed by atoms with Crippen molar-refractivity contribution in [3.63, 3.8) is 0 Å². The second kappa shape index (κ2) is 5.73. The average Bonchev–Trinajstić information content (AvgIpc) is 2.49. The summed E-state index contributed by atoms with van der Waals surface area (Å²) in [6.45, 7) is 0.298. The molecule has 1 aromatic heterocycles. The van der Waals surface area contributed by atoms with Crippen molar-refractivity contribution in [3.05, 3.63) is 64.4 Å². The van der Waals surface area contributed by atoms with Gasteiger partial charge >= 0.3 is 0 Å². The fraction of sp³-hybridized carbons (Fsp3) is 0.0667. The molecule has 106 valence electrons. The molecule has 0 fully saturated rings. The first-order valence-electron chi connectivity index (χ1n) is 6.22. The van der Waals surface area contributed by atoms with Crippen LogP contribution in [-0.4, -0.2) is 9.97 Å². The molecule has 0 amide bonds. The third kappa shape index (κ3) is 3.00. The molecular weight excluding hydrogens is 340 g/mol. The van der Waals surface area contributed by atoms with E-state index in [0.717, 1.165) is 17.1 Å². The SMILES string of the molecule is Fc1cc(F)c(NCc2cnc3ccccc3n2)cc1Br. The molecule has 0 aliphatic heterocycles. The molecule has 2 aromatic carbocycles. The highest BCUT2D eigenvalue weighted by atomic mass is 79.9. The predicted octanol–water partition coefficient (Wildman–Crippen LogP) is 4.28. The smallest absolute Gasteiger partial charge is 0.149 e. The van der Waals surface area contributed by atoms with Gasteiger partial charge in [0.2, 0.25) is 0 Å². The van der Waals surface area contributed by atoms with Gasteiger partial charge in [-0.25, -0.2) is 13.8 Å². The zero-order valence-corrected chi connectivity index (χ0v) is 12.4. The highest BCUT2D eigenvalue weighted by Gasteiger charge is 2.08. The predicted molar refractivity (Wildman–Crippen MR) is 80.9 cm³/mol. The lowest BCUT2D eigenvalue weighted by atomic mass is 10.2. The van der Waals surface area contributed by atoms with Gasteiger partial charge < -0.3 is 5.32 Å². The van der Waals surface area contributed by atoms with E-state index in [-0.39, 0.29) is 10.2 Å². The molecule has 0 aliphatic rings. The minimum atomic E-state index is -0.649. The molecule has 0 bridgehead atoms. The van der Waals surface area contributed by atoms with Crippen molar-refractivity contribution in [3.8, 4) is 0 Å². The number of halogens is 3. The number of fused-ring (bicyclic) bond motifs is 1. The second-order valence-electron chi connectivity index (χ2n) is 4.45. The molecule has 0 radical (unpaired) electrons. The Hall–Kier alpha value is -2.08. The van der Waals surface area contributed by atoms with Crippen LogP contribution in [0.15, 0.2) is 47.1 Å². The minimum Gasteiger partial charge on any atom is -0.377 e. The largest absolute Gasteiger partial charge is 0.377 e. The van der Waals surface area contributed by atoms with Crippen molar-refractivity contribution in [2.75, 3.05) is 5.32 Å². The van der Waals surface area contributed by atoms with Crippen LogP contribution in [0.25, 0.3) is 11.0 Å². The summed E-state index contributed by atoms with van der Waals surface area (Å²) < 4.78 is 27.0. The number of nitrogens with zero attached hydrogens (tertiary/aromatic N) is 2. The molecule has 0 saturated carbocycles. The van der Waals surface area contributed by atoms with Crippen LogP contribution in [-0.2, 0) is 6.54 Å². The molecule has 3 aromatic rings. The van der Waals surface area contributed by atoms with Crippen molar-refractivity contribution in [2.24, 2.45) is 0 Å². The van der Waals surface area contributed by atoms with Crippen molar-refractivity contribution >= 4 is 32.7 Å². The van der Waals surface area contributed by atoms with Crippen LogP contribution in [0.3, 0.4) is 0 Å². The van der Waals surface area contributed by atoms with Crippen molar-refractivity contribution in [1.82, 2.24) is 9.97 Å². The summed E-state index contributed by atoms with van der Waals surface area (Å²) in [5.41, 5.74) is 2.46. The van der Waals surface area contributed by atoms with E-state index in [4.69, 9.17) is 0 Å². The Morgan fingerprint density at radius 1 is 1.05 bits per heavy atom. The molecule has 0 aliphatic carbocycles. The van der Waals surface area contributed by atoms with Gasteiger partial charge in [0.25, 0.3) is 0 Å². The number of hydrogen-bond donors (Lipinski definition) is 1. The van der Waals surface area contributed by atoms with Crippen LogP contribution in [0.5, 0.6) is 0 Å². The van der Waals surface area contributed by atoms with Gasteiger partial charge in [-0.2, -0.15) is 0 Å². The fourth-order valence-corrected chi connectivity index (χ4v) is 2.27. The Bertz CT molecular complexity index is 808. The van der Waals surface area contributed by atoms with E-state index in [1.165, 1.54) is 6.07 Å². The van der Waals surface area contributed by atoms with Crippen LogP contribution < -0.4 is 5.32 Å². The van der Waals surface area contributed by atoms with E-state index in [2.05, 4.69) is 31.2 Å². The zero-order chi connectivity index (χ0) is 14.8. The minimum absolute atomic E-state index is 0.205. The Morgan fingerprint density at radius 2 is 1.81 bits per heavy atom. The number of para-hydroxylation sites is 2. The Labute approximate surface area is 128 Å². The van der Waals surface area contributed by atoms with Crippen LogP contribution in [0.4, 0.5) is 14.5 Å². The lowest BCUT2D eigenvalue weighted by molar-refractivity contribution is 0.580. The summed E-state index contributed by atoms with van der Waals surface area (Å²) in [4.78, 5) is 8.71. The molecule has 0 atom stereocenters. The van der Waals surface area contributed by atoms with E-state index in [1.54, 1.807) is 6.20 Å². The second-order valence-corrected chi connectivity index (χ2v) is 5.30. The number of hydrogen-bond acceptors (Lipinski definition) is 3. The maximum absolute atomic E-state index is 13.6. The van der Waals surface area contributed by atoms with Gasteiger partial charge in [0.1, 0.15) is 11.6 Å². The maximum Gasteiger partial charge on any atom is 0.149 e. The van der Waals surface area contributed by atoms with Crippen LogP contribution in [0.2, 0.25) is 0 Å². The fourth-order valence-electron chi connectivity index (χ4n) is 1.92. The van der Waals surface area contributed by atoms with Gasteiger partial charge in [-0.3, -0.25) is 4.98 Å². The first kappa shape index (κ1) is 13.9. The van der Waals surface area contributed by atoms with Crippen molar-refractivity contribution < 1.29 is 8.78 Å². The first-order chi connectivity index (χ1) is 10.1. The Balaban J connectivity index is 1.81. The van der Waals surface area contributed by atoms with Gasteiger partial charge in [-0.15, -0.1) is 0 Å². The summed E-state index contributed by atoms with van der Waals surface area (Å²) in [5.74, 6) is -1.28. The van der Waals surface area contributed by atoms with Gasteiger partial charge in [0, 0.05) is 6.07 Å². The quantitative estimate of drug-likeness (QED) is 0.717. The molecule has 0 unspecified atom stereocenters. The van der Waals surface area contributed by atoms with Gasteiger partial charge in [-0.05, 0) is 34.1 Å². The molecule has 0 saturated heterocycles. The van der Waals surface area contributed by atoms with Crippen LogP contribution >= 0.6 is 15.9 Å². The molecule has 3 nitrogen and oxygen atoms in total. The van der Waals surface area contributed by atoms with Crippen molar-refractivity contribution in [1.29, 1.82) is 0 Å². The molecule has 6 heteroatoms. The Kier molecular flexibility index (Phi) is 3.79. The Morgan fingerprint density at radius 3 is 2.62 bits per heavy atom.